The van der Waals surface area contributed by atoms with E-state index in [1.165, 1.54) is 21.8 Å². The Morgan fingerprint density at radius 2 is 1.55 bits per heavy atom. The number of rotatable bonds is 3. The molecule has 33 heavy (non-hydrogen) atoms. The summed E-state index contributed by atoms with van der Waals surface area (Å²) in [5.41, 5.74) is 5.70. The third-order valence-electron chi connectivity index (χ3n) is 6.53. The Kier molecular flexibility index (Phi) is 4.37. The number of aryl methyl sites for hydroxylation is 1. The predicted octanol–water partition coefficient (Wildman–Crippen LogP) is 6.11. The molecule has 5 heteroatoms. The fraction of sp³-hybridized carbons (Fsp3) is 0.107. The van der Waals surface area contributed by atoms with E-state index >= 15 is 0 Å². The summed E-state index contributed by atoms with van der Waals surface area (Å²) in [5, 5.41) is 5.99. The van der Waals surface area contributed by atoms with Gasteiger partial charge in [0.15, 0.2) is 0 Å². The Morgan fingerprint density at radius 3 is 2.36 bits per heavy atom. The number of hydrogen-bond acceptors (Lipinski definition) is 3. The molecule has 162 valence electrons. The summed E-state index contributed by atoms with van der Waals surface area (Å²) in [7, 11) is 3.73. The van der Waals surface area contributed by atoms with Gasteiger partial charge >= 0.3 is 0 Å². The summed E-state index contributed by atoms with van der Waals surface area (Å²) in [4.78, 5) is 15.5. The summed E-state index contributed by atoms with van der Waals surface area (Å²) >= 11 is 0. The van der Waals surface area contributed by atoms with Gasteiger partial charge in [-0.1, -0.05) is 36.4 Å². The maximum atomic E-state index is 13.7. The minimum absolute atomic E-state index is 0.0301. The first-order valence-corrected chi connectivity index (χ1v) is 11.0. The van der Waals surface area contributed by atoms with Crippen LogP contribution >= 0.6 is 0 Å². The molecule has 1 N–H and O–H groups in total. The van der Waals surface area contributed by atoms with E-state index in [-0.39, 0.29) is 12.1 Å². The standard InChI is InChI=1S/C28H23N3O2/c1-30-25-10-6-4-7-21(25)23-17-18(11-16-26(23)30)27-29-24-9-5-3-8-22(24)28(32)31(27)19-12-14-20(33-2)15-13-19/h3-17,27,29H,1-2H3. The second-order valence-electron chi connectivity index (χ2n) is 8.32. The van der Waals surface area contributed by atoms with Crippen LogP contribution in [-0.2, 0) is 7.05 Å². The first-order valence-electron chi connectivity index (χ1n) is 11.0. The lowest BCUT2D eigenvalue weighted by Crippen LogP contribution is -2.43. The molecule has 0 radical (unpaired) electrons. The van der Waals surface area contributed by atoms with E-state index in [9.17, 15) is 4.79 Å². The van der Waals surface area contributed by atoms with Crippen molar-refractivity contribution < 1.29 is 9.53 Å². The van der Waals surface area contributed by atoms with E-state index in [0.717, 1.165) is 22.7 Å². The number of fused-ring (bicyclic) bond motifs is 4. The highest BCUT2D eigenvalue weighted by Gasteiger charge is 2.34. The number of nitrogens with one attached hydrogen (secondary N) is 1. The SMILES string of the molecule is COc1ccc(N2C(=O)c3ccccc3NC2c2ccc3c(c2)c2ccccc2n3C)cc1. The van der Waals surface area contributed by atoms with Crippen molar-refractivity contribution in [3.63, 3.8) is 0 Å². The molecule has 0 saturated carbocycles. The van der Waals surface area contributed by atoms with Gasteiger partial charge in [0.25, 0.3) is 5.91 Å². The minimum atomic E-state index is -0.343. The highest BCUT2D eigenvalue weighted by atomic mass is 16.5. The number of anilines is 2. The Balaban J connectivity index is 1.54. The largest absolute Gasteiger partial charge is 0.497 e. The van der Waals surface area contributed by atoms with Crippen molar-refractivity contribution in [3.05, 3.63) is 102 Å². The number of nitrogens with zero attached hydrogens (tertiary/aromatic N) is 2. The summed E-state index contributed by atoms with van der Waals surface area (Å²) in [6, 6.07) is 30.2. The van der Waals surface area contributed by atoms with Gasteiger partial charge in [0, 0.05) is 40.2 Å². The lowest BCUT2D eigenvalue weighted by Gasteiger charge is -2.38. The third kappa shape index (κ3) is 2.97. The van der Waals surface area contributed by atoms with Gasteiger partial charge < -0.3 is 14.6 Å². The van der Waals surface area contributed by atoms with Crippen molar-refractivity contribution in [1.29, 1.82) is 0 Å². The van der Waals surface area contributed by atoms with Crippen molar-refractivity contribution in [2.45, 2.75) is 6.17 Å². The van der Waals surface area contributed by atoms with Crippen molar-refractivity contribution in [2.75, 3.05) is 17.3 Å². The molecule has 0 saturated heterocycles. The first kappa shape index (κ1) is 19.4. The molecule has 1 unspecified atom stereocenters. The van der Waals surface area contributed by atoms with Crippen LogP contribution in [0.5, 0.6) is 5.75 Å². The fourth-order valence-corrected chi connectivity index (χ4v) is 4.85. The molecule has 0 aliphatic carbocycles. The number of methoxy groups -OCH3 is 1. The van der Waals surface area contributed by atoms with Gasteiger partial charge in [-0.15, -0.1) is 0 Å². The lowest BCUT2D eigenvalue weighted by molar-refractivity contribution is 0.0975. The molecule has 5 nitrogen and oxygen atoms in total. The van der Waals surface area contributed by atoms with Crippen molar-refractivity contribution in [3.8, 4) is 5.75 Å². The molecular weight excluding hydrogens is 410 g/mol. The number of para-hydroxylation sites is 2. The molecule has 1 aliphatic heterocycles. The minimum Gasteiger partial charge on any atom is -0.497 e. The Labute approximate surface area is 191 Å². The molecule has 5 aromatic rings. The lowest BCUT2D eigenvalue weighted by atomic mass is 10.0. The number of carbonyl (C=O) groups is 1. The van der Waals surface area contributed by atoms with E-state index in [1.807, 2.05) is 53.4 Å². The van der Waals surface area contributed by atoms with Crippen LogP contribution in [-0.4, -0.2) is 17.6 Å². The predicted molar refractivity (Wildman–Crippen MR) is 133 cm³/mol. The molecule has 1 aliphatic rings. The third-order valence-corrected chi connectivity index (χ3v) is 6.53. The van der Waals surface area contributed by atoms with Gasteiger partial charge in [-0.25, -0.2) is 0 Å². The number of carbonyl (C=O) groups excluding carboxylic acids is 1. The van der Waals surface area contributed by atoms with Crippen molar-refractivity contribution in [1.82, 2.24) is 4.57 Å². The van der Waals surface area contributed by atoms with Crippen LogP contribution in [0.3, 0.4) is 0 Å². The van der Waals surface area contributed by atoms with Crippen LogP contribution in [0.25, 0.3) is 21.8 Å². The normalized spacial score (nSPS) is 15.5. The molecule has 1 atom stereocenters. The summed E-state index contributed by atoms with van der Waals surface area (Å²) in [6.45, 7) is 0. The smallest absolute Gasteiger partial charge is 0.262 e. The molecule has 0 bridgehead atoms. The van der Waals surface area contributed by atoms with E-state index in [2.05, 4.69) is 59.4 Å². The Hall–Kier alpha value is -4.25. The molecule has 4 aromatic carbocycles. The van der Waals surface area contributed by atoms with Crippen LogP contribution in [0.4, 0.5) is 11.4 Å². The van der Waals surface area contributed by atoms with Gasteiger partial charge in [0.05, 0.1) is 12.7 Å². The monoisotopic (exact) mass is 433 g/mol. The highest BCUT2D eigenvalue weighted by molar-refractivity contribution is 6.12. The maximum absolute atomic E-state index is 13.7. The number of hydrogen-bond donors (Lipinski definition) is 1. The van der Waals surface area contributed by atoms with E-state index in [4.69, 9.17) is 4.74 Å². The molecule has 1 amide bonds. The summed E-state index contributed by atoms with van der Waals surface area (Å²) < 4.78 is 7.53. The average molecular weight is 434 g/mol. The van der Waals surface area contributed by atoms with E-state index in [1.54, 1.807) is 7.11 Å². The van der Waals surface area contributed by atoms with E-state index < -0.39 is 0 Å². The van der Waals surface area contributed by atoms with Gasteiger partial charge in [0.2, 0.25) is 0 Å². The highest BCUT2D eigenvalue weighted by Crippen LogP contribution is 2.39. The van der Waals surface area contributed by atoms with E-state index in [0.29, 0.717) is 5.56 Å². The van der Waals surface area contributed by atoms with Gasteiger partial charge in [-0.3, -0.25) is 9.69 Å². The Bertz CT molecular complexity index is 1520. The van der Waals surface area contributed by atoms with Gasteiger partial charge in [-0.2, -0.15) is 0 Å². The number of aromatic nitrogens is 1. The second kappa shape index (κ2) is 7.41. The van der Waals surface area contributed by atoms with Crippen LogP contribution in [0.1, 0.15) is 22.1 Å². The topological polar surface area (TPSA) is 46.5 Å². The van der Waals surface area contributed by atoms with Crippen molar-refractivity contribution in [2.24, 2.45) is 7.05 Å². The Morgan fingerprint density at radius 1 is 0.818 bits per heavy atom. The molecule has 0 fully saturated rings. The van der Waals surface area contributed by atoms with Crippen molar-refractivity contribution >= 4 is 39.1 Å². The maximum Gasteiger partial charge on any atom is 0.262 e. The summed E-state index contributed by atoms with van der Waals surface area (Å²) in [6.07, 6.45) is -0.343. The molecule has 6 rings (SSSR count). The number of ether oxygens (including phenoxy) is 1. The first-order chi connectivity index (χ1) is 16.2. The molecule has 1 aromatic heterocycles. The summed E-state index contributed by atoms with van der Waals surface area (Å²) in [5.74, 6) is 0.725. The zero-order valence-electron chi connectivity index (χ0n) is 18.4. The molecular formula is C28H23N3O2. The fourth-order valence-electron chi connectivity index (χ4n) is 4.85. The second-order valence-corrected chi connectivity index (χ2v) is 8.32. The molecule has 0 spiro atoms. The van der Waals surface area contributed by atoms with Gasteiger partial charge in [-0.05, 0) is 60.2 Å². The quantitative estimate of drug-likeness (QED) is 0.373. The van der Waals surface area contributed by atoms with Crippen LogP contribution in [0.2, 0.25) is 0 Å². The van der Waals surface area contributed by atoms with Crippen LogP contribution in [0, 0.1) is 0 Å². The number of amides is 1. The van der Waals surface area contributed by atoms with Crippen LogP contribution < -0.4 is 15.0 Å². The average Bonchev–Trinajstić information content (AvgIpc) is 3.16. The van der Waals surface area contributed by atoms with Crippen LogP contribution in [0.15, 0.2) is 91.0 Å². The number of benzene rings is 4. The zero-order chi connectivity index (χ0) is 22.5. The molecule has 2 heterocycles. The van der Waals surface area contributed by atoms with Gasteiger partial charge in [0.1, 0.15) is 11.9 Å². The zero-order valence-corrected chi connectivity index (χ0v) is 18.4.